The number of carbonyl (C=O) groups is 1. The van der Waals surface area contributed by atoms with Gasteiger partial charge >= 0.3 is 6.03 Å². The molecule has 0 fully saturated rings. The molecule has 0 unspecified atom stereocenters. The van der Waals surface area contributed by atoms with Gasteiger partial charge in [0.1, 0.15) is 0 Å². The number of rotatable bonds is 4. The van der Waals surface area contributed by atoms with Crippen LogP contribution in [0.25, 0.3) is 11.1 Å². The van der Waals surface area contributed by atoms with Crippen molar-refractivity contribution in [2.75, 3.05) is 11.9 Å². The molecule has 0 aliphatic heterocycles. The predicted molar refractivity (Wildman–Crippen MR) is 77.0 cm³/mol. The fourth-order valence-electron chi connectivity index (χ4n) is 1.71. The van der Waals surface area contributed by atoms with Gasteiger partial charge in [-0.3, -0.25) is 4.98 Å². The Morgan fingerprint density at radius 1 is 1.16 bits per heavy atom. The van der Waals surface area contributed by atoms with Crippen molar-refractivity contribution in [3.63, 3.8) is 0 Å². The molecule has 0 atom stereocenters. The zero-order valence-corrected chi connectivity index (χ0v) is 10.9. The minimum absolute atomic E-state index is 0.200. The van der Waals surface area contributed by atoms with E-state index in [-0.39, 0.29) is 6.03 Å². The van der Waals surface area contributed by atoms with Crippen molar-refractivity contribution >= 4 is 11.7 Å². The zero-order valence-electron chi connectivity index (χ0n) is 10.9. The molecule has 0 saturated carbocycles. The van der Waals surface area contributed by atoms with Gasteiger partial charge in [-0.05, 0) is 18.1 Å². The van der Waals surface area contributed by atoms with Crippen LogP contribution in [0.2, 0.25) is 0 Å². The van der Waals surface area contributed by atoms with Gasteiger partial charge in [-0.15, -0.1) is 0 Å². The van der Waals surface area contributed by atoms with Gasteiger partial charge in [-0.2, -0.15) is 0 Å². The van der Waals surface area contributed by atoms with E-state index in [1.165, 1.54) is 0 Å². The van der Waals surface area contributed by atoms with E-state index in [9.17, 15) is 4.79 Å². The first-order valence-electron chi connectivity index (χ1n) is 6.35. The molecular formula is C15H17N3O. The second-order valence-electron chi connectivity index (χ2n) is 4.21. The van der Waals surface area contributed by atoms with Crippen molar-refractivity contribution in [1.82, 2.24) is 10.3 Å². The fourth-order valence-corrected chi connectivity index (χ4v) is 1.71. The van der Waals surface area contributed by atoms with Gasteiger partial charge in [0.15, 0.2) is 0 Å². The number of benzene rings is 1. The Balaban J connectivity index is 2.10. The van der Waals surface area contributed by atoms with E-state index in [4.69, 9.17) is 0 Å². The Hall–Kier alpha value is -2.36. The molecule has 0 saturated heterocycles. The Bertz CT molecular complexity index is 540. The van der Waals surface area contributed by atoms with Crippen LogP contribution in [-0.4, -0.2) is 17.6 Å². The van der Waals surface area contributed by atoms with E-state index >= 15 is 0 Å². The number of nitrogens with one attached hydrogen (secondary N) is 2. The van der Waals surface area contributed by atoms with Crippen LogP contribution in [0.5, 0.6) is 0 Å². The first-order valence-corrected chi connectivity index (χ1v) is 6.35. The fraction of sp³-hybridized carbons (Fsp3) is 0.200. The van der Waals surface area contributed by atoms with Crippen LogP contribution in [-0.2, 0) is 0 Å². The maximum atomic E-state index is 11.6. The molecule has 0 bridgehead atoms. The number of pyridine rings is 1. The lowest BCUT2D eigenvalue weighted by molar-refractivity contribution is 0.252. The topological polar surface area (TPSA) is 54.0 Å². The number of aromatic nitrogens is 1. The summed E-state index contributed by atoms with van der Waals surface area (Å²) in [6.07, 6.45) is 4.33. The number of hydrogen-bond acceptors (Lipinski definition) is 2. The standard InChI is InChI=1S/C15H17N3O/c1-2-8-17-15(19)18-14-9-13(10-16-11-14)12-6-4-3-5-7-12/h3-7,9-11H,2,8H2,1H3,(H2,17,18,19). The van der Waals surface area contributed by atoms with E-state index in [1.807, 2.05) is 43.3 Å². The maximum Gasteiger partial charge on any atom is 0.319 e. The van der Waals surface area contributed by atoms with Gasteiger partial charge in [0.2, 0.25) is 0 Å². The first-order chi connectivity index (χ1) is 9.29. The smallest absolute Gasteiger partial charge is 0.319 e. The third-order valence-electron chi connectivity index (χ3n) is 2.64. The molecular weight excluding hydrogens is 238 g/mol. The van der Waals surface area contributed by atoms with E-state index in [0.717, 1.165) is 17.5 Å². The normalized spacial score (nSPS) is 9.95. The molecule has 2 aromatic rings. The Morgan fingerprint density at radius 3 is 2.68 bits per heavy atom. The highest BCUT2D eigenvalue weighted by atomic mass is 16.2. The van der Waals surface area contributed by atoms with Crippen molar-refractivity contribution in [3.05, 3.63) is 48.8 Å². The van der Waals surface area contributed by atoms with E-state index in [0.29, 0.717) is 12.2 Å². The van der Waals surface area contributed by atoms with Crippen molar-refractivity contribution < 1.29 is 4.79 Å². The van der Waals surface area contributed by atoms with Crippen LogP contribution < -0.4 is 10.6 Å². The summed E-state index contributed by atoms with van der Waals surface area (Å²) in [5, 5.41) is 5.54. The summed E-state index contributed by atoms with van der Waals surface area (Å²) in [5.41, 5.74) is 2.75. The zero-order chi connectivity index (χ0) is 13.5. The minimum Gasteiger partial charge on any atom is -0.338 e. The molecule has 0 spiro atoms. The van der Waals surface area contributed by atoms with Gasteiger partial charge in [-0.1, -0.05) is 37.3 Å². The second kappa shape index (κ2) is 6.54. The molecule has 0 aliphatic carbocycles. The Labute approximate surface area is 112 Å². The molecule has 98 valence electrons. The molecule has 2 rings (SSSR count). The van der Waals surface area contributed by atoms with Crippen LogP contribution >= 0.6 is 0 Å². The number of nitrogens with zero attached hydrogens (tertiary/aromatic N) is 1. The number of carbonyl (C=O) groups excluding carboxylic acids is 1. The number of anilines is 1. The number of urea groups is 1. The summed E-state index contributed by atoms with van der Waals surface area (Å²) in [6.45, 7) is 2.68. The predicted octanol–water partition coefficient (Wildman–Crippen LogP) is 3.28. The van der Waals surface area contributed by atoms with Gasteiger partial charge in [0.25, 0.3) is 0 Å². The molecule has 1 aromatic heterocycles. The first kappa shape index (κ1) is 13.1. The molecule has 0 aliphatic rings. The molecule has 2 N–H and O–H groups in total. The number of amides is 2. The molecule has 1 heterocycles. The third kappa shape index (κ3) is 3.81. The lowest BCUT2D eigenvalue weighted by Crippen LogP contribution is -2.29. The molecule has 1 aromatic carbocycles. The SMILES string of the molecule is CCCNC(=O)Nc1cncc(-c2ccccc2)c1. The minimum atomic E-state index is -0.200. The van der Waals surface area contributed by atoms with Crippen LogP contribution in [0.15, 0.2) is 48.8 Å². The van der Waals surface area contributed by atoms with Crippen LogP contribution in [0, 0.1) is 0 Å². The lowest BCUT2D eigenvalue weighted by atomic mass is 10.1. The summed E-state index contributed by atoms with van der Waals surface area (Å²) >= 11 is 0. The third-order valence-corrected chi connectivity index (χ3v) is 2.64. The van der Waals surface area contributed by atoms with Gasteiger partial charge in [0.05, 0.1) is 11.9 Å². The lowest BCUT2D eigenvalue weighted by Gasteiger charge is -2.08. The van der Waals surface area contributed by atoms with Gasteiger partial charge < -0.3 is 10.6 Å². The van der Waals surface area contributed by atoms with Crippen molar-refractivity contribution in [1.29, 1.82) is 0 Å². The molecule has 19 heavy (non-hydrogen) atoms. The van der Waals surface area contributed by atoms with E-state index < -0.39 is 0 Å². The highest BCUT2D eigenvalue weighted by Gasteiger charge is 2.03. The van der Waals surface area contributed by atoms with Crippen LogP contribution in [0.4, 0.5) is 10.5 Å². The molecule has 0 radical (unpaired) electrons. The average Bonchev–Trinajstić information content (AvgIpc) is 2.46. The van der Waals surface area contributed by atoms with Crippen LogP contribution in [0.3, 0.4) is 0 Å². The summed E-state index contributed by atoms with van der Waals surface area (Å²) in [6, 6.07) is 11.7. The van der Waals surface area contributed by atoms with Crippen molar-refractivity contribution in [2.45, 2.75) is 13.3 Å². The summed E-state index contributed by atoms with van der Waals surface area (Å²) in [7, 11) is 0. The average molecular weight is 255 g/mol. The van der Waals surface area contributed by atoms with Crippen LogP contribution in [0.1, 0.15) is 13.3 Å². The van der Waals surface area contributed by atoms with Gasteiger partial charge in [0, 0.05) is 18.3 Å². The molecule has 4 nitrogen and oxygen atoms in total. The highest BCUT2D eigenvalue weighted by molar-refractivity contribution is 5.89. The van der Waals surface area contributed by atoms with Gasteiger partial charge in [-0.25, -0.2) is 4.79 Å². The Morgan fingerprint density at radius 2 is 1.95 bits per heavy atom. The van der Waals surface area contributed by atoms with E-state index in [2.05, 4.69) is 15.6 Å². The number of hydrogen-bond donors (Lipinski definition) is 2. The summed E-state index contributed by atoms with van der Waals surface area (Å²) < 4.78 is 0. The highest BCUT2D eigenvalue weighted by Crippen LogP contribution is 2.20. The monoisotopic (exact) mass is 255 g/mol. The van der Waals surface area contributed by atoms with E-state index in [1.54, 1.807) is 12.4 Å². The largest absolute Gasteiger partial charge is 0.338 e. The quantitative estimate of drug-likeness (QED) is 0.880. The van der Waals surface area contributed by atoms with Crippen molar-refractivity contribution in [3.8, 4) is 11.1 Å². The summed E-state index contributed by atoms with van der Waals surface area (Å²) in [4.78, 5) is 15.7. The molecule has 4 heteroatoms. The summed E-state index contributed by atoms with van der Waals surface area (Å²) in [5.74, 6) is 0. The second-order valence-corrected chi connectivity index (χ2v) is 4.21. The maximum absolute atomic E-state index is 11.6. The Kier molecular flexibility index (Phi) is 4.50. The van der Waals surface area contributed by atoms with Crippen molar-refractivity contribution in [2.24, 2.45) is 0 Å². The molecule has 2 amide bonds.